The number of hydrogen-bond donors (Lipinski definition) is 2. The minimum Gasteiger partial charge on any atom is -0.384 e. The van der Waals surface area contributed by atoms with Gasteiger partial charge in [-0.2, -0.15) is 0 Å². The van der Waals surface area contributed by atoms with Gasteiger partial charge in [0.2, 0.25) is 0 Å². The molecule has 3 aromatic heterocycles. The third-order valence-electron chi connectivity index (χ3n) is 9.58. The molecular formula is C54H45Br2ClN6OP2Y. The molecule has 0 aliphatic heterocycles. The molecule has 13 heteroatoms. The van der Waals surface area contributed by atoms with Crippen molar-refractivity contribution in [2.45, 2.75) is 0 Å². The summed E-state index contributed by atoms with van der Waals surface area (Å²) in [5.74, 6) is 0.822. The number of aromatic nitrogens is 4. The summed E-state index contributed by atoms with van der Waals surface area (Å²) in [5, 5.41) is 7.01. The van der Waals surface area contributed by atoms with Crippen LogP contribution < -0.4 is 5.73 Å². The van der Waals surface area contributed by atoms with E-state index in [2.05, 4.69) is 102 Å². The molecular weight excluding hydrogens is 1090 g/mol. The van der Waals surface area contributed by atoms with Gasteiger partial charge in [0.15, 0.2) is 11.6 Å². The van der Waals surface area contributed by atoms with Crippen molar-refractivity contribution in [3.63, 3.8) is 0 Å². The fourth-order valence-corrected chi connectivity index (χ4v) is 7.12. The molecule has 3 N–H and O–H groups in total. The van der Waals surface area contributed by atoms with E-state index in [1.165, 1.54) is 0 Å². The molecule has 6 aromatic carbocycles. The van der Waals surface area contributed by atoms with E-state index in [9.17, 15) is 4.79 Å². The first-order chi connectivity index (χ1) is 31.8. The van der Waals surface area contributed by atoms with Crippen molar-refractivity contribution < 1.29 is 37.5 Å². The van der Waals surface area contributed by atoms with Crippen LogP contribution in [0.3, 0.4) is 0 Å². The van der Waals surface area contributed by atoms with Crippen LogP contribution in [0.4, 0.5) is 0 Å². The number of amidine groups is 1. The second-order valence-electron chi connectivity index (χ2n) is 14.0. The Labute approximate surface area is 445 Å². The smallest absolute Gasteiger partial charge is 0.185 e. The van der Waals surface area contributed by atoms with Crippen molar-refractivity contribution >= 4 is 79.8 Å². The fourth-order valence-electron chi connectivity index (χ4n) is 6.32. The number of halogens is 3. The maximum Gasteiger partial charge on any atom is 0.185 e. The molecule has 0 aliphatic carbocycles. The zero-order chi connectivity index (χ0) is 45.8. The summed E-state index contributed by atoms with van der Waals surface area (Å²) >= 11 is 6.94. The van der Waals surface area contributed by atoms with Gasteiger partial charge < -0.3 is 5.73 Å². The van der Waals surface area contributed by atoms with Gasteiger partial charge in [0.05, 0.1) is 11.4 Å². The first-order valence-electron chi connectivity index (χ1n) is 20.2. The number of allylic oxidation sites excluding steroid dienone is 1. The van der Waals surface area contributed by atoms with Crippen LogP contribution in [0.15, 0.2) is 228 Å². The molecule has 2 unspecified atom stereocenters. The molecule has 0 bridgehead atoms. The Morgan fingerprint density at radius 3 is 1.48 bits per heavy atom. The van der Waals surface area contributed by atoms with Gasteiger partial charge >= 0.3 is 0 Å². The van der Waals surface area contributed by atoms with Crippen LogP contribution in [0.1, 0.15) is 21.5 Å². The number of rotatable bonds is 9. The number of nitrogens with two attached hydrogens (primary N) is 1. The minimum atomic E-state index is -0.0114. The Morgan fingerprint density at radius 2 is 0.970 bits per heavy atom. The fraction of sp³-hybridized carbons (Fsp3) is 0. The maximum absolute atomic E-state index is 12.1. The monoisotopic (exact) mass is 1140 g/mol. The summed E-state index contributed by atoms with van der Waals surface area (Å²) in [6.45, 7) is 0. The molecule has 0 aliphatic rings. The molecule has 9 aromatic rings. The average molecular weight is 1140 g/mol. The summed E-state index contributed by atoms with van der Waals surface area (Å²) < 4.78 is 1.92. The van der Waals surface area contributed by atoms with Crippen molar-refractivity contribution in [3.8, 4) is 56.2 Å². The molecule has 9 rings (SSSR count). The molecule has 0 saturated carbocycles. The van der Waals surface area contributed by atoms with Crippen LogP contribution >= 0.6 is 62.1 Å². The van der Waals surface area contributed by atoms with E-state index in [1.807, 2.05) is 164 Å². The van der Waals surface area contributed by atoms with Crippen LogP contribution in [0.25, 0.3) is 62.2 Å². The predicted octanol–water partition coefficient (Wildman–Crippen LogP) is 14.8. The average Bonchev–Trinajstić information content (AvgIpc) is 3.38. The van der Waals surface area contributed by atoms with Crippen molar-refractivity contribution in [1.29, 1.82) is 5.41 Å². The minimum absolute atomic E-state index is 0. The molecule has 331 valence electrons. The number of carbonyl (C=O) groups is 1. The topological polar surface area (TPSA) is 119 Å². The Hall–Kier alpha value is -5.21. The van der Waals surface area contributed by atoms with Crippen LogP contribution in [0.2, 0.25) is 0 Å². The molecule has 2 atom stereocenters. The molecule has 3 heterocycles. The van der Waals surface area contributed by atoms with Gasteiger partial charge in [0.25, 0.3) is 0 Å². The Bertz CT molecular complexity index is 2960. The summed E-state index contributed by atoms with van der Waals surface area (Å²) in [4.78, 5) is 30.2. The van der Waals surface area contributed by atoms with E-state index in [-0.39, 0.29) is 56.7 Å². The number of pyridine rings is 2. The zero-order valence-corrected chi connectivity index (χ0v) is 45.2. The van der Waals surface area contributed by atoms with Gasteiger partial charge in [-0.15, -0.1) is 30.3 Å². The van der Waals surface area contributed by atoms with Crippen molar-refractivity contribution in [2.24, 2.45) is 5.73 Å². The normalized spacial score (nSPS) is 9.97. The van der Waals surface area contributed by atoms with Gasteiger partial charge in [-0.25, -0.2) is 9.97 Å². The standard InChI is InChI=1S/C27H18BrN3.C20H14BrNO.C7H8N2.ClH.H4P2.Y/c28-24-10-4-8-22(16-24)26-17-25(30-27(31-26)21-6-2-1-3-7-21)20-13-11-19(12-14-20)23-9-5-15-29-18-23;21-19-5-1-3-17(13-19)20(23)11-8-15-6-9-16(10-7-15)18-4-2-12-22-14-18;8-7(9)6-4-2-1-3-5-6;;1-2;/h1-18H;1-14H;1-5H,(H3,8,9);1H;1-2H2;/b;11-8+;;;;. The third-order valence-corrected chi connectivity index (χ3v) is 10.6. The number of nitrogen functional groups attached to an aromatic ring is 1. The van der Waals surface area contributed by atoms with Crippen LogP contribution in [0, 0.1) is 5.41 Å². The van der Waals surface area contributed by atoms with Crippen LogP contribution in [-0.4, -0.2) is 31.6 Å². The van der Waals surface area contributed by atoms with E-state index >= 15 is 0 Å². The van der Waals surface area contributed by atoms with Gasteiger partial charge in [-0.1, -0.05) is 184 Å². The number of ketones is 1. The van der Waals surface area contributed by atoms with Crippen LogP contribution in [0.5, 0.6) is 0 Å². The maximum atomic E-state index is 12.1. The van der Waals surface area contributed by atoms with Gasteiger partial charge in [0, 0.05) is 94.3 Å². The van der Waals surface area contributed by atoms with E-state index in [4.69, 9.17) is 21.1 Å². The molecule has 1 radical (unpaired) electrons. The van der Waals surface area contributed by atoms with E-state index < -0.39 is 0 Å². The number of nitrogens with zero attached hydrogens (tertiary/aromatic N) is 4. The quantitative estimate of drug-likeness (QED) is 0.0489. The summed E-state index contributed by atoms with van der Waals surface area (Å²) in [6, 6.07) is 61.3. The molecule has 0 amide bonds. The van der Waals surface area contributed by atoms with Crippen LogP contribution in [-0.2, 0) is 32.7 Å². The Morgan fingerprint density at radius 1 is 0.507 bits per heavy atom. The first kappa shape index (κ1) is 54.4. The molecule has 67 heavy (non-hydrogen) atoms. The van der Waals surface area contributed by atoms with Gasteiger partial charge in [0.1, 0.15) is 5.84 Å². The van der Waals surface area contributed by atoms with Crippen molar-refractivity contribution in [2.75, 3.05) is 0 Å². The Balaban J connectivity index is 0.000000240. The molecule has 0 spiro atoms. The van der Waals surface area contributed by atoms with E-state index in [0.29, 0.717) is 11.4 Å². The SMILES string of the molecule is Brc1cccc(-c2cc(-c3ccc(-c4cccnc4)cc3)nc(-c3ccccc3)n2)c1.Cl.N=C(N)c1ccccc1.O=C(/C=C/c1ccc(-c2cccnc2)cc1)c1cccc(Br)c1.PP.[Y]. The molecule has 7 nitrogen and oxygen atoms in total. The predicted molar refractivity (Wildman–Crippen MR) is 291 cm³/mol. The van der Waals surface area contributed by atoms with E-state index in [1.54, 1.807) is 18.5 Å². The number of benzene rings is 6. The van der Waals surface area contributed by atoms with Gasteiger partial charge in [-0.05, 0) is 76.4 Å². The second kappa shape index (κ2) is 28.9. The van der Waals surface area contributed by atoms with Crippen molar-refractivity contribution in [3.05, 3.63) is 245 Å². The zero-order valence-electron chi connectivity index (χ0n) is 36.0. The largest absolute Gasteiger partial charge is 0.384 e. The van der Waals surface area contributed by atoms with Crippen molar-refractivity contribution in [1.82, 2.24) is 19.9 Å². The number of nitrogens with one attached hydrogen (secondary N) is 1. The second-order valence-corrected chi connectivity index (χ2v) is 15.8. The van der Waals surface area contributed by atoms with Gasteiger partial charge in [-0.3, -0.25) is 20.2 Å². The first-order valence-corrected chi connectivity index (χ1v) is 24.5. The molecule has 0 fully saturated rings. The Kier molecular flexibility index (Phi) is 23.4. The number of hydrogen-bond acceptors (Lipinski definition) is 6. The summed E-state index contributed by atoms with van der Waals surface area (Å²) in [6.07, 6.45) is 10.7. The molecule has 0 saturated heterocycles. The summed E-state index contributed by atoms with van der Waals surface area (Å²) in [7, 11) is 4.67. The summed E-state index contributed by atoms with van der Waals surface area (Å²) in [5.41, 5.74) is 16.9. The van der Waals surface area contributed by atoms with E-state index in [0.717, 1.165) is 70.4 Å². The number of carbonyl (C=O) groups excluding carboxylic acids is 1. The third kappa shape index (κ3) is 16.8.